The van der Waals surface area contributed by atoms with Gasteiger partial charge >= 0.3 is 0 Å². The van der Waals surface area contributed by atoms with Crippen LogP contribution in [0.4, 0.5) is 0 Å². The zero-order valence-corrected chi connectivity index (χ0v) is 19.4. The van der Waals surface area contributed by atoms with Crippen LogP contribution in [0.15, 0.2) is 11.8 Å². The van der Waals surface area contributed by atoms with Crippen LogP contribution in [0.5, 0.6) is 0 Å². The molecule has 2 rings (SSSR count). The van der Waals surface area contributed by atoms with E-state index < -0.39 is 16.6 Å². The summed E-state index contributed by atoms with van der Waals surface area (Å²) >= 11 is 0. The quantitative estimate of drug-likeness (QED) is 0.465. The SMILES string of the molecule is CC[Si](CC)(CC)OC1=C[C@H]2C[C@@H](O[Si](C)(C)C(C)(C)C)C[C@H]2C1. The summed E-state index contributed by atoms with van der Waals surface area (Å²) in [4.78, 5) is 0. The van der Waals surface area contributed by atoms with Gasteiger partial charge in [0.05, 0.1) is 5.76 Å². The van der Waals surface area contributed by atoms with Crippen molar-refractivity contribution in [2.45, 2.75) is 103 Å². The molecule has 140 valence electrons. The highest BCUT2D eigenvalue weighted by molar-refractivity contribution is 6.74. The van der Waals surface area contributed by atoms with Crippen molar-refractivity contribution in [3.8, 4) is 0 Å². The second-order valence-corrected chi connectivity index (χ2v) is 19.0. The molecule has 0 saturated heterocycles. The Morgan fingerprint density at radius 1 is 1.04 bits per heavy atom. The van der Waals surface area contributed by atoms with Gasteiger partial charge in [0.1, 0.15) is 0 Å². The van der Waals surface area contributed by atoms with E-state index in [1.165, 1.54) is 36.7 Å². The molecular weight excluding hydrogens is 328 g/mol. The highest BCUT2D eigenvalue weighted by atomic mass is 28.4. The molecule has 2 aliphatic carbocycles. The third-order valence-electron chi connectivity index (χ3n) is 7.12. The van der Waals surface area contributed by atoms with Gasteiger partial charge in [-0.3, -0.25) is 0 Å². The van der Waals surface area contributed by atoms with E-state index in [1.807, 2.05) is 0 Å². The van der Waals surface area contributed by atoms with Gasteiger partial charge in [-0.05, 0) is 67.0 Å². The number of rotatable bonds is 7. The van der Waals surface area contributed by atoms with Gasteiger partial charge in [-0.1, -0.05) is 41.5 Å². The maximum atomic E-state index is 6.68. The maximum Gasteiger partial charge on any atom is 0.250 e. The molecule has 2 nitrogen and oxygen atoms in total. The van der Waals surface area contributed by atoms with E-state index in [0.717, 1.165) is 12.3 Å². The third-order valence-corrected chi connectivity index (χ3v) is 16.2. The maximum absolute atomic E-state index is 6.68. The van der Waals surface area contributed by atoms with Crippen molar-refractivity contribution < 1.29 is 8.85 Å². The van der Waals surface area contributed by atoms with E-state index in [0.29, 0.717) is 17.1 Å². The predicted molar refractivity (Wildman–Crippen MR) is 109 cm³/mol. The molecule has 24 heavy (non-hydrogen) atoms. The van der Waals surface area contributed by atoms with Crippen LogP contribution in [0.1, 0.15) is 60.8 Å². The fourth-order valence-corrected chi connectivity index (χ4v) is 8.14. The van der Waals surface area contributed by atoms with E-state index in [1.54, 1.807) is 0 Å². The predicted octanol–water partition coefficient (Wildman–Crippen LogP) is 6.71. The highest BCUT2D eigenvalue weighted by Crippen LogP contribution is 2.48. The molecule has 0 amide bonds. The third kappa shape index (κ3) is 4.18. The summed E-state index contributed by atoms with van der Waals surface area (Å²) < 4.78 is 13.3. The van der Waals surface area contributed by atoms with Crippen LogP contribution >= 0.6 is 0 Å². The molecule has 2 aliphatic rings. The van der Waals surface area contributed by atoms with Crippen LogP contribution in [0.3, 0.4) is 0 Å². The van der Waals surface area contributed by atoms with Crippen LogP contribution < -0.4 is 0 Å². The van der Waals surface area contributed by atoms with Crippen LogP contribution in [-0.4, -0.2) is 22.7 Å². The van der Waals surface area contributed by atoms with Crippen LogP contribution in [0.25, 0.3) is 0 Å². The largest absolute Gasteiger partial charge is 0.547 e. The molecule has 0 bridgehead atoms. The average Bonchev–Trinajstić information content (AvgIpc) is 3.00. The molecule has 0 heterocycles. The fraction of sp³-hybridized carbons (Fsp3) is 0.900. The molecule has 0 spiro atoms. The molecule has 0 aromatic heterocycles. The van der Waals surface area contributed by atoms with Gasteiger partial charge in [0, 0.05) is 12.5 Å². The highest BCUT2D eigenvalue weighted by Gasteiger charge is 2.45. The van der Waals surface area contributed by atoms with Crippen molar-refractivity contribution in [3.63, 3.8) is 0 Å². The number of hydrogen-bond acceptors (Lipinski definition) is 2. The molecule has 0 unspecified atom stereocenters. The molecule has 1 saturated carbocycles. The first kappa shape index (κ1) is 20.2. The second kappa shape index (κ2) is 7.28. The molecule has 4 heteroatoms. The Bertz CT molecular complexity index is 452. The lowest BCUT2D eigenvalue weighted by atomic mass is 10.0. The van der Waals surface area contributed by atoms with Crippen molar-refractivity contribution in [2.24, 2.45) is 11.8 Å². The summed E-state index contributed by atoms with van der Waals surface area (Å²) in [5.41, 5.74) is 0. The zero-order chi connectivity index (χ0) is 18.2. The first-order chi connectivity index (χ1) is 11.1. The Hall–Kier alpha value is -0.0662. The van der Waals surface area contributed by atoms with Gasteiger partial charge in [-0.25, -0.2) is 0 Å². The summed E-state index contributed by atoms with van der Waals surface area (Å²) in [5.74, 6) is 2.80. The Labute approximate surface area is 152 Å². The normalized spacial score (nSPS) is 28.0. The number of fused-ring (bicyclic) bond motifs is 1. The van der Waals surface area contributed by atoms with Crippen molar-refractivity contribution in [3.05, 3.63) is 11.8 Å². The lowest BCUT2D eigenvalue weighted by molar-refractivity contribution is 0.180. The molecule has 0 radical (unpaired) electrons. The lowest BCUT2D eigenvalue weighted by Crippen LogP contribution is -2.43. The van der Waals surface area contributed by atoms with Crippen LogP contribution in [-0.2, 0) is 8.85 Å². The van der Waals surface area contributed by atoms with Crippen molar-refractivity contribution in [1.82, 2.24) is 0 Å². The monoisotopic (exact) mass is 368 g/mol. The van der Waals surface area contributed by atoms with Gasteiger partial charge < -0.3 is 8.85 Å². The van der Waals surface area contributed by atoms with Gasteiger partial charge in [0.15, 0.2) is 8.32 Å². The number of allylic oxidation sites excluding steroid dienone is 2. The summed E-state index contributed by atoms with van der Waals surface area (Å²) in [6, 6.07) is 3.72. The van der Waals surface area contributed by atoms with Gasteiger partial charge in [0.2, 0.25) is 8.32 Å². The van der Waals surface area contributed by atoms with Gasteiger partial charge in [-0.2, -0.15) is 0 Å². The smallest absolute Gasteiger partial charge is 0.250 e. The molecule has 3 atom stereocenters. The van der Waals surface area contributed by atoms with E-state index in [4.69, 9.17) is 8.85 Å². The minimum absolute atomic E-state index is 0.309. The number of hydrogen-bond donors (Lipinski definition) is 0. The minimum Gasteiger partial charge on any atom is -0.547 e. The van der Waals surface area contributed by atoms with E-state index in [-0.39, 0.29) is 0 Å². The summed E-state index contributed by atoms with van der Waals surface area (Å²) in [5, 5.41) is 0.309. The van der Waals surface area contributed by atoms with E-state index in [9.17, 15) is 0 Å². The average molecular weight is 369 g/mol. The van der Waals surface area contributed by atoms with Gasteiger partial charge in [0.25, 0.3) is 0 Å². The minimum atomic E-state index is -1.64. The Morgan fingerprint density at radius 3 is 2.08 bits per heavy atom. The molecule has 0 aromatic rings. The summed E-state index contributed by atoms with van der Waals surface area (Å²) in [6.45, 7) is 18.7. The molecule has 0 aliphatic heterocycles. The lowest BCUT2D eigenvalue weighted by Gasteiger charge is -2.38. The Balaban J connectivity index is 1.95. The molecular formula is C20H40O2Si2. The van der Waals surface area contributed by atoms with E-state index >= 15 is 0 Å². The van der Waals surface area contributed by atoms with Gasteiger partial charge in [-0.15, -0.1) is 0 Å². The van der Waals surface area contributed by atoms with Crippen LogP contribution in [0.2, 0.25) is 36.3 Å². The summed E-state index contributed by atoms with van der Waals surface area (Å²) in [7, 11) is -3.14. The molecule has 1 fully saturated rings. The van der Waals surface area contributed by atoms with Crippen molar-refractivity contribution in [1.29, 1.82) is 0 Å². The summed E-state index contributed by atoms with van der Waals surface area (Å²) in [6.07, 6.45) is 6.56. The second-order valence-electron chi connectivity index (χ2n) is 9.58. The van der Waals surface area contributed by atoms with E-state index in [2.05, 4.69) is 60.7 Å². The first-order valence-electron chi connectivity index (χ1n) is 10.1. The van der Waals surface area contributed by atoms with Crippen molar-refractivity contribution in [2.75, 3.05) is 0 Å². The fourth-order valence-electron chi connectivity index (χ4n) is 4.12. The van der Waals surface area contributed by atoms with Crippen molar-refractivity contribution >= 4 is 16.6 Å². The molecule has 0 N–H and O–H groups in total. The standard InChI is InChI=1S/C20H40O2Si2/c1-9-24(10-2,11-3)22-19-14-16-12-18(13-17(16)15-19)21-23(7,8)20(4,5)6/h14,16-18H,9-13,15H2,1-8H3/t16-,17+,18-/m1/s1. The zero-order valence-electron chi connectivity index (χ0n) is 17.4. The first-order valence-corrected chi connectivity index (χ1v) is 15.6. The topological polar surface area (TPSA) is 18.5 Å². The Kier molecular flexibility index (Phi) is 6.14. The molecule has 0 aromatic carbocycles. The van der Waals surface area contributed by atoms with Crippen LogP contribution in [0, 0.1) is 11.8 Å². The Morgan fingerprint density at radius 2 is 1.62 bits per heavy atom.